The Morgan fingerprint density at radius 3 is 2.43 bits per heavy atom. The molecule has 28 heavy (non-hydrogen) atoms. The fraction of sp³-hybridized carbons (Fsp3) is 0.0909. The molecule has 0 N–H and O–H groups in total. The number of hydrogen-bond acceptors (Lipinski definition) is 3. The number of nitrogens with zero attached hydrogens (tertiary/aromatic N) is 2. The first-order valence-corrected chi connectivity index (χ1v) is 9.93. The molecule has 4 rings (SSSR count). The maximum absolute atomic E-state index is 13.1. The highest BCUT2D eigenvalue weighted by molar-refractivity contribution is 9.10. The molecule has 1 aromatic heterocycles. The number of fused-ring (bicyclic) bond motifs is 1. The summed E-state index contributed by atoms with van der Waals surface area (Å²) in [5.74, 6) is 1.35. The molecule has 0 aliphatic heterocycles. The average Bonchev–Trinajstić information content (AvgIpc) is 2.71. The zero-order valence-corrected chi connectivity index (χ0v) is 17.2. The summed E-state index contributed by atoms with van der Waals surface area (Å²) < 4.78 is 8.46. The summed E-state index contributed by atoms with van der Waals surface area (Å²) in [4.78, 5) is 17.8. The molecule has 0 saturated carbocycles. The molecule has 0 aliphatic rings. The minimum absolute atomic E-state index is 0.0880. The van der Waals surface area contributed by atoms with Crippen LogP contribution in [-0.4, -0.2) is 16.2 Å². The van der Waals surface area contributed by atoms with E-state index in [0.717, 1.165) is 15.8 Å². The van der Waals surface area contributed by atoms with Gasteiger partial charge < -0.3 is 4.74 Å². The normalized spacial score (nSPS) is 10.9. The third-order valence-electron chi connectivity index (χ3n) is 4.36. The summed E-state index contributed by atoms with van der Waals surface area (Å²) >= 11 is 9.42. The van der Waals surface area contributed by atoms with E-state index in [2.05, 4.69) is 15.9 Å². The monoisotopic (exact) mass is 454 g/mol. The van der Waals surface area contributed by atoms with E-state index < -0.39 is 0 Å². The van der Waals surface area contributed by atoms with Gasteiger partial charge in [0.25, 0.3) is 5.56 Å². The van der Waals surface area contributed by atoms with Gasteiger partial charge in [0.2, 0.25) is 0 Å². The molecule has 0 radical (unpaired) electrons. The molecule has 0 saturated heterocycles. The number of halogens is 2. The Labute approximate surface area is 175 Å². The first-order chi connectivity index (χ1) is 13.6. The average molecular weight is 456 g/mol. The van der Waals surface area contributed by atoms with Gasteiger partial charge in [-0.1, -0.05) is 39.7 Å². The Morgan fingerprint density at radius 2 is 1.68 bits per heavy atom. The van der Waals surface area contributed by atoms with Gasteiger partial charge >= 0.3 is 0 Å². The van der Waals surface area contributed by atoms with E-state index >= 15 is 0 Å². The van der Waals surface area contributed by atoms with Gasteiger partial charge in [-0.3, -0.25) is 9.36 Å². The first kappa shape index (κ1) is 18.7. The van der Waals surface area contributed by atoms with E-state index in [1.54, 1.807) is 22.8 Å². The van der Waals surface area contributed by atoms with E-state index in [1.165, 1.54) is 0 Å². The van der Waals surface area contributed by atoms with Crippen molar-refractivity contribution in [3.05, 3.63) is 92.6 Å². The van der Waals surface area contributed by atoms with Crippen LogP contribution in [0.3, 0.4) is 0 Å². The predicted molar refractivity (Wildman–Crippen MR) is 116 cm³/mol. The molecule has 0 bridgehead atoms. The van der Waals surface area contributed by atoms with Crippen LogP contribution in [0.2, 0.25) is 5.02 Å². The van der Waals surface area contributed by atoms with Crippen LogP contribution in [0.5, 0.6) is 5.75 Å². The molecular weight excluding hydrogens is 440 g/mol. The first-order valence-electron chi connectivity index (χ1n) is 8.76. The van der Waals surface area contributed by atoms with Crippen molar-refractivity contribution >= 4 is 38.4 Å². The van der Waals surface area contributed by atoms with Crippen molar-refractivity contribution < 1.29 is 4.74 Å². The molecule has 0 atom stereocenters. The second-order valence-electron chi connectivity index (χ2n) is 6.22. The number of ether oxygens (including phenoxy) is 1. The van der Waals surface area contributed by atoms with E-state index in [1.807, 2.05) is 54.6 Å². The third kappa shape index (κ3) is 3.96. The van der Waals surface area contributed by atoms with Crippen LogP contribution < -0.4 is 10.3 Å². The molecule has 0 unspecified atom stereocenters. The summed E-state index contributed by atoms with van der Waals surface area (Å²) in [5, 5.41) is 1.22. The standard InChI is InChI=1S/C22H16BrClN2O2/c23-16-7-11-18(12-8-16)28-14-13-26-21(15-5-9-17(24)10-6-15)25-20-4-2-1-3-19(20)22(26)27/h1-12H,13-14H2. The third-order valence-corrected chi connectivity index (χ3v) is 5.14. The van der Waals surface area contributed by atoms with Gasteiger partial charge in [0, 0.05) is 15.1 Å². The van der Waals surface area contributed by atoms with Crippen LogP contribution in [0.15, 0.2) is 82.1 Å². The molecule has 3 aromatic carbocycles. The summed E-state index contributed by atoms with van der Waals surface area (Å²) in [7, 11) is 0. The molecule has 4 nitrogen and oxygen atoms in total. The van der Waals surface area contributed by atoms with Crippen molar-refractivity contribution in [1.29, 1.82) is 0 Å². The van der Waals surface area contributed by atoms with E-state index in [0.29, 0.717) is 34.9 Å². The van der Waals surface area contributed by atoms with Crippen molar-refractivity contribution in [2.75, 3.05) is 6.61 Å². The lowest BCUT2D eigenvalue weighted by molar-refractivity contribution is 0.297. The van der Waals surface area contributed by atoms with Crippen LogP contribution in [0.25, 0.3) is 22.3 Å². The highest BCUT2D eigenvalue weighted by Gasteiger charge is 2.13. The Bertz CT molecular complexity index is 1170. The van der Waals surface area contributed by atoms with Crippen molar-refractivity contribution in [2.45, 2.75) is 6.54 Å². The lowest BCUT2D eigenvalue weighted by atomic mass is 10.2. The summed E-state index contributed by atoms with van der Waals surface area (Å²) in [6.07, 6.45) is 0. The van der Waals surface area contributed by atoms with Gasteiger partial charge in [-0.05, 0) is 60.7 Å². The SMILES string of the molecule is O=c1c2ccccc2nc(-c2ccc(Cl)cc2)n1CCOc1ccc(Br)cc1. The highest BCUT2D eigenvalue weighted by atomic mass is 79.9. The molecule has 4 aromatic rings. The van der Waals surface area contributed by atoms with E-state index in [9.17, 15) is 4.79 Å². The van der Waals surface area contributed by atoms with Crippen LogP contribution >= 0.6 is 27.5 Å². The van der Waals surface area contributed by atoms with Gasteiger partial charge in [-0.25, -0.2) is 4.98 Å². The maximum Gasteiger partial charge on any atom is 0.261 e. The zero-order chi connectivity index (χ0) is 19.5. The fourth-order valence-electron chi connectivity index (χ4n) is 2.98. The van der Waals surface area contributed by atoms with Crippen molar-refractivity contribution in [2.24, 2.45) is 0 Å². The summed E-state index contributed by atoms with van der Waals surface area (Å²) in [6.45, 7) is 0.729. The Hall–Kier alpha value is -2.63. The molecule has 0 aliphatic carbocycles. The largest absolute Gasteiger partial charge is 0.492 e. The van der Waals surface area contributed by atoms with Crippen LogP contribution in [0, 0.1) is 0 Å². The van der Waals surface area contributed by atoms with Crippen molar-refractivity contribution in [1.82, 2.24) is 9.55 Å². The van der Waals surface area contributed by atoms with Gasteiger partial charge in [0.05, 0.1) is 17.4 Å². The fourth-order valence-corrected chi connectivity index (χ4v) is 3.37. The van der Waals surface area contributed by atoms with E-state index in [-0.39, 0.29) is 5.56 Å². The lowest BCUT2D eigenvalue weighted by Gasteiger charge is -2.14. The lowest BCUT2D eigenvalue weighted by Crippen LogP contribution is -2.26. The van der Waals surface area contributed by atoms with E-state index in [4.69, 9.17) is 21.3 Å². The van der Waals surface area contributed by atoms with Crippen molar-refractivity contribution in [3.63, 3.8) is 0 Å². The molecular formula is C22H16BrClN2O2. The predicted octanol–water partition coefficient (Wildman–Crippen LogP) is 5.56. The highest BCUT2D eigenvalue weighted by Crippen LogP contribution is 2.21. The molecule has 140 valence electrons. The number of para-hydroxylation sites is 1. The summed E-state index contributed by atoms with van der Waals surface area (Å²) in [6, 6.07) is 22.3. The van der Waals surface area contributed by atoms with Gasteiger partial charge in [0.1, 0.15) is 18.2 Å². The summed E-state index contributed by atoms with van der Waals surface area (Å²) in [5.41, 5.74) is 1.41. The zero-order valence-electron chi connectivity index (χ0n) is 14.8. The Morgan fingerprint density at radius 1 is 0.964 bits per heavy atom. The molecule has 1 heterocycles. The molecule has 6 heteroatoms. The van der Waals surface area contributed by atoms with Crippen molar-refractivity contribution in [3.8, 4) is 17.1 Å². The van der Waals surface area contributed by atoms with Gasteiger partial charge in [-0.2, -0.15) is 0 Å². The topological polar surface area (TPSA) is 44.1 Å². The van der Waals surface area contributed by atoms with Gasteiger partial charge in [0.15, 0.2) is 0 Å². The second kappa shape index (κ2) is 8.17. The maximum atomic E-state index is 13.1. The Kier molecular flexibility index (Phi) is 5.46. The number of hydrogen-bond donors (Lipinski definition) is 0. The molecule has 0 amide bonds. The smallest absolute Gasteiger partial charge is 0.261 e. The van der Waals surface area contributed by atoms with Crippen LogP contribution in [-0.2, 0) is 6.54 Å². The molecule has 0 spiro atoms. The number of benzene rings is 3. The van der Waals surface area contributed by atoms with Crippen LogP contribution in [0.4, 0.5) is 0 Å². The molecule has 0 fully saturated rings. The minimum Gasteiger partial charge on any atom is -0.492 e. The Balaban J connectivity index is 1.71. The quantitative estimate of drug-likeness (QED) is 0.396. The number of aromatic nitrogens is 2. The second-order valence-corrected chi connectivity index (χ2v) is 7.57. The number of rotatable bonds is 5. The van der Waals surface area contributed by atoms with Gasteiger partial charge in [-0.15, -0.1) is 0 Å². The van der Waals surface area contributed by atoms with Crippen LogP contribution in [0.1, 0.15) is 0 Å². The minimum atomic E-state index is -0.0880.